The van der Waals surface area contributed by atoms with Crippen LogP contribution in [0.25, 0.3) is 0 Å². The minimum atomic E-state index is -1.29. The molecule has 1 aromatic heterocycles. The van der Waals surface area contributed by atoms with E-state index in [1.54, 1.807) is 11.0 Å². The summed E-state index contributed by atoms with van der Waals surface area (Å²) in [6, 6.07) is 6.25. The van der Waals surface area contributed by atoms with E-state index in [1.165, 1.54) is 12.1 Å². The molecule has 1 saturated heterocycles. The van der Waals surface area contributed by atoms with Gasteiger partial charge in [-0.1, -0.05) is 17.7 Å². The van der Waals surface area contributed by atoms with Crippen molar-refractivity contribution in [2.24, 2.45) is 5.92 Å². The fourth-order valence-electron chi connectivity index (χ4n) is 2.82. The number of anilines is 1. The maximum absolute atomic E-state index is 14.0. The summed E-state index contributed by atoms with van der Waals surface area (Å²) in [4.78, 5) is 13.1. The molecule has 0 unspecified atom stereocenters. The van der Waals surface area contributed by atoms with E-state index in [9.17, 15) is 18.7 Å². The molecule has 24 heavy (non-hydrogen) atoms. The van der Waals surface area contributed by atoms with Crippen LogP contribution < -0.4 is 28.9 Å². The molecule has 5 nitrogen and oxygen atoms in total. The Labute approximate surface area is 153 Å². The van der Waals surface area contributed by atoms with Crippen molar-refractivity contribution in [3.63, 3.8) is 0 Å². The summed E-state index contributed by atoms with van der Waals surface area (Å²) in [6.45, 7) is 0.303. The number of rotatable bonds is 3. The van der Waals surface area contributed by atoms with Crippen LogP contribution in [0, 0.1) is 17.6 Å². The van der Waals surface area contributed by atoms with Crippen LogP contribution >= 0.6 is 11.6 Å². The Morgan fingerprint density at radius 1 is 1.21 bits per heavy atom. The van der Waals surface area contributed by atoms with Gasteiger partial charge in [0, 0.05) is 37.0 Å². The molecule has 1 aliphatic rings. The molecule has 0 saturated carbocycles. The SMILES string of the molecule is O=C([O-])[C@@H]1CN(c2ccc(Cl)nn2)C[C@H]1c1ccc(F)cc1F.[Li+]. The van der Waals surface area contributed by atoms with Crippen molar-refractivity contribution in [2.45, 2.75) is 5.92 Å². The van der Waals surface area contributed by atoms with Crippen molar-refractivity contribution in [2.75, 3.05) is 18.0 Å². The number of aliphatic carboxylic acids is 1. The Morgan fingerprint density at radius 3 is 2.54 bits per heavy atom. The molecule has 2 heterocycles. The smallest absolute Gasteiger partial charge is 0.550 e. The molecule has 120 valence electrons. The molecule has 0 bridgehead atoms. The van der Waals surface area contributed by atoms with Crippen molar-refractivity contribution >= 4 is 23.4 Å². The first-order chi connectivity index (χ1) is 11.0. The van der Waals surface area contributed by atoms with Gasteiger partial charge >= 0.3 is 18.9 Å². The molecule has 1 aliphatic heterocycles. The van der Waals surface area contributed by atoms with Crippen LogP contribution in [0.2, 0.25) is 5.15 Å². The second kappa shape index (κ2) is 7.47. The van der Waals surface area contributed by atoms with Crippen molar-refractivity contribution in [3.05, 3.63) is 52.7 Å². The minimum Gasteiger partial charge on any atom is -0.550 e. The molecule has 0 radical (unpaired) electrons. The number of carboxylic acid groups (broad SMARTS) is 1. The minimum absolute atomic E-state index is 0. The first kappa shape index (κ1) is 18.7. The Bertz CT molecular complexity index is 748. The van der Waals surface area contributed by atoms with Gasteiger partial charge in [0.15, 0.2) is 11.0 Å². The van der Waals surface area contributed by atoms with E-state index in [0.717, 1.165) is 12.1 Å². The molecule has 1 aromatic carbocycles. The van der Waals surface area contributed by atoms with Gasteiger partial charge in [-0.3, -0.25) is 0 Å². The molecule has 0 spiro atoms. The van der Waals surface area contributed by atoms with E-state index in [0.29, 0.717) is 5.82 Å². The third-order valence-electron chi connectivity index (χ3n) is 3.93. The standard InChI is InChI=1S/C15H12ClF2N3O2.Li/c16-13-3-4-14(20-19-13)21-6-10(11(7-21)15(22)23)9-2-1-8(17)5-12(9)18;/h1-5,10-11H,6-7H2,(H,22,23);/q;+1/p-1/t10-,11+;/m0./s1. The van der Waals surface area contributed by atoms with Crippen LogP contribution in [0.5, 0.6) is 0 Å². The fraction of sp³-hybridized carbons (Fsp3) is 0.267. The second-order valence-electron chi connectivity index (χ2n) is 5.32. The normalized spacial score (nSPS) is 19.9. The van der Waals surface area contributed by atoms with E-state index in [2.05, 4.69) is 10.2 Å². The predicted octanol–water partition coefficient (Wildman–Crippen LogP) is -1.62. The van der Waals surface area contributed by atoms with Gasteiger partial charge in [-0.2, -0.15) is 0 Å². The molecule has 0 aliphatic carbocycles. The first-order valence-corrected chi connectivity index (χ1v) is 7.23. The Kier molecular flexibility index (Phi) is 5.81. The molecule has 1 fully saturated rings. The van der Waals surface area contributed by atoms with E-state index in [-0.39, 0.29) is 42.7 Å². The largest absolute Gasteiger partial charge is 1.00 e. The third kappa shape index (κ3) is 3.69. The summed E-state index contributed by atoms with van der Waals surface area (Å²) < 4.78 is 27.1. The van der Waals surface area contributed by atoms with Crippen LogP contribution in [0.4, 0.5) is 14.6 Å². The molecular weight excluding hydrogens is 335 g/mol. The van der Waals surface area contributed by atoms with E-state index < -0.39 is 29.4 Å². The molecule has 9 heteroatoms. The molecular formula is C15H11ClF2LiN3O2. The number of nitrogens with zero attached hydrogens (tertiary/aromatic N) is 3. The fourth-order valence-corrected chi connectivity index (χ4v) is 2.93. The number of aromatic nitrogens is 2. The van der Waals surface area contributed by atoms with Crippen molar-refractivity contribution in [1.82, 2.24) is 10.2 Å². The van der Waals surface area contributed by atoms with Crippen LogP contribution in [0.15, 0.2) is 30.3 Å². The summed E-state index contributed by atoms with van der Waals surface area (Å²) in [6.07, 6.45) is 0. The van der Waals surface area contributed by atoms with Gasteiger partial charge in [-0.15, -0.1) is 10.2 Å². The van der Waals surface area contributed by atoms with E-state index in [4.69, 9.17) is 11.6 Å². The van der Waals surface area contributed by atoms with E-state index in [1.807, 2.05) is 0 Å². The maximum Gasteiger partial charge on any atom is 1.00 e. The zero-order valence-electron chi connectivity index (χ0n) is 12.7. The van der Waals surface area contributed by atoms with Crippen molar-refractivity contribution < 1.29 is 37.5 Å². The summed E-state index contributed by atoms with van der Waals surface area (Å²) in [5, 5.41) is 19.2. The monoisotopic (exact) mass is 345 g/mol. The molecule has 2 aromatic rings. The predicted molar refractivity (Wildman–Crippen MR) is 76.9 cm³/mol. The van der Waals surface area contributed by atoms with Gasteiger partial charge in [0.25, 0.3) is 0 Å². The summed E-state index contributed by atoms with van der Waals surface area (Å²) in [5.74, 6) is -3.95. The van der Waals surface area contributed by atoms with Crippen LogP contribution in [0.1, 0.15) is 11.5 Å². The molecule has 0 N–H and O–H groups in total. The van der Waals surface area contributed by atoms with Crippen LogP contribution in [0.3, 0.4) is 0 Å². The number of carbonyl (C=O) groups is 1. The van der Waals surface area contributed by atoms with Crippen molar-refractivity contribution in [3.8, 4) is 0 Å². The Hall–Kier alpha value is -1.68. The summed E-state index contributed by atoms with van der Waals surface area (Å²) >= 11 is 5.68. The van der Waals surface area contributed by atoms with Gasteiger partial charge in [-0.05, 0) is 23.8 Å². The average Bonchev–Trinajstić information content (AvgIpc) is 2.93. The quantitative estimate of drug-likeness (QED) is 0.626. The van der Waals surface area contributed by atoms with Crippen LogP contribution in [-0.2, 0) is 4.79 Å². The number of hydrogen-bond acceptors (Lipinski definition) is 5. The molecule has 2 atom stereocenters. The number of carbonyl (C=O) groups excluding carboxylic acids is 1. The van der Waals surface area contributed by atoms with Gasteiger partial charge in [0.1, 0.15) is 11.6 Å². The number of carboxylic acids is 1. The Balaban J connectivity index is 0.00000208. The van der Waals surface area contributed by atoms with Gasteiger partial charge in [-0.25, -0.2) is 8.78 Å². The van der Waals surface area contributed by atoms with E-state index >= 15 is 0 Å². The van der Waals surface area contributed by atoms with Gasteiger partial charge in [0.2, 0.25) is 0 Å². The number of halogens is 3. The number of benzene rings is 1. The first-order valence-electron chi connectivity index (χ1n) is 6.85. The maximum atomic E-state index is 14.0. The van der Waals surface area contributed by atoms with Gasteiger partial charge in [0.05, 0.1) is 0 Å². The van der Waals surface area contributed by atoms with Gasteiger partial charge < -0.3 is 14.8 Å². The number of hydrogen-bond donors (Lipinski definition) is 0. The second-order valence-corrected chi connectivity index (χ2v) is 5.70. The summed E-state index contributed by atoms with van der Waals surface area (Å²) in [5.41, 5.74) is 0.144. The summed E-state index contributed by atoms with van der Waals surface area (Å²) in [7, 11) is 0. The van der Waals surface area contributed by atoms with Crippen LogP contribution in [-0.4, -0.2) is 29.3 Å². The third-order valence-corrected chi connectivity index (χ3v) is 4.13. The zero-order valence-corrected chi connectivity index (χ0v) is 13.5. The topological polar surface area (TPSA) is 69.2 Å². The Morgan fingerprint density at radius 2 is 1.96 bits per heavy atom. The molecule has 0 amide bonds. The average molecular weight is 346 g/mol. The zero-order chi connectivity index (χ0) is 16.6. The van der Waals surface area contributed by atoms with Crippen molar-refractivity contribution in [1.29, 1.82) is 0 Å². The molecule has 3 rings (SSSR count).